The Balaban J connectivity index is 2.03. The highest BCUT2D eigenvalue weighted by atomic mass is 16.5. The number of methoxy groups -OCH3 is 1. The van der Waals surface area contributed by atoms with Gasteiger partial charge in [-0.1, -0.05) is 13.8 Å². The van der Waals surface area contributed by atoms with E-state index in [1.807, 2.05) is 0 Å². The summed E-state index contributed by atoms with van der Waals surface area (Å²) < 4.78 is 5.00. The summed E-state index contributed by atoms with van der Waals surface area (Å²) >= 11 is 0. The lowest BCUT2D eigenvalue weighted by Gasteiger charge is -2.27. The molecule has 0 spiro atoms. The lowest BCUT2D eigenvalue weighted by molar-refractivity contribution is 0.192. The molecule has 1 aliphatic heterocycles. The topological polar surface area (TPSA) is 24.5 Å². The predicted molar refractivity (Wildman–Crippen MR) is 68.8 cm³/mol. The summed E-state index contributed by atoms with van der Waals surface area (Å²) in [5.74, 6) is 0.809. The Morgan fingerprint density at radius 1 is 1.38 bits per heavy atom. The number of hydrogen-bond donors (Lipinski definition) is 1. The lowest BCUT2D eigenvalue weighted by Crippen LogP contribution is -2.35. The molecule has 0 aromatic heterocycles. The largest absolute Gasteiger partial charge is 0.383 e. The molecule has 1 heterocycles. The van der Waals surface area contributed by atoms with Crippen LogP contribution in [0.3, 0.4) is 0 Å². The fourth-order valence-electron chi connectivity index (χ4n) is 2.59. The Morgan fingerprint density at radius 3 is 2.88 bits per heavy atom. The first-order valence-electron chi connectivity index (χ1n) is 6.69. The van der Waals surface area contributed by atoms with Gasteiger partial charge in [0.1, 0.15) is 0 Å². The van der Waals surface area contributed by atoms with Gasteiger partial charge in [-0.2, -0.15) is 0 Å². The smallest absolute Gasteiger partial charge is 0.0587 e. The van der Waals surface area contributed by atoms with Crippen molar-refractivity contribution in [2.45, 2.75) is 39.2 Å². The zero-order valence-corrected chi connectivity index (χ0v) is 11.2. The van der Waals surface area contributed by atoms with E-state index < -0.39 is 0 Å². The maximum atomic E-state index is 5.00. The van der Waals surface area contributed by atoms with Gasteiger partial charge in [-0.15, -0.1) is 0 Å². The van der Waals surface area contributed by atoms with E-state index in [0.29, 0.717) is 0 Å². The average molecular weight is 228 g/mol. The highest BCUT2D eigenvalue weighted by Gasteiger charge is 2.25. The lowest BCUT2D eigenvalue weighted by atomic mass is 10.0. The Morgan fingerprint density at radius 2 is 2.19 bits per heavy atom. The molecular formula is C13H28N2O. The van der Waals surface area contributed by atoms with Gasteiger partial charge in [-0.3, -0.25) is 0 Å². The number of nitrogens with one attached hydrogen (secondary N) is 1. The Kier molecular flexibility index (Phi) is 7.01. The van der Waals surface area contributed by atoms with Crippen molar-refractivity contribution in [1.29, 1.82) is 0 Å². The minimum atomic E-state index is 0.809. The molecule has 0 aromatic carbocycles. The van der Waals surface area contributed by atoms with E-state index in [0.717, 1.165) is 31.7 Å². The van der Waals surface area contributed by atoms with Crippen LogP contribution in [0.25, 0.3) is 0 Å². The van der Waals surface area contributed by atoms with Gasteiger partial charge in [-0.25, -0.2) is 0 Å². The number of nitrogens with zero attached hydrogens (tertiary/aromatic N) is 1. The van der Waals surface area contributed by atoms with Crippen LogP contribution in [-0.4, -0.2) is 50.8 Å². The van der Waals surface area contributed by atoms with Gasteiger partial charge >= 0.3 is 0 Å². The van der Waals surface area contributed by atoms with E-state index in [2.05, 4.69) is 24.1 Å². The fraction of sp³-hybridized carbons (Fsp3) is 1.00. The molecule has 1 unspecified atom stereocenters. The number of rotatable bonds is 8. The molecule has 1 saturated heterocycles. The van der Waals surface area contributed by atoms with Gasteiger partial charge in [0.15, 0.2) is 0 Å². The number of hydrogen-bond acceptors (Lipinski definition) is 3. The second kappa shape index (κ2) is 8.04. The number of ether oxygens (including phenoxy) is 1. The molecule has 1 aliphatic rings. The second-order valence-corrected chi connectivity index (χ2v) is 5.09. The van der Waals surface area contributed by atoms with Crippen molar-refractivity contribution in [2.24, 2.45) is 5.92 Å². The van der Waals surface area contributed by atoms with Crippen LogP contribution in [0, 0.1) is 5.92 Å². The Labute approximate surface area is 101 Å². The summed E-state index contributed by atoms with van der Waals surface area (Å²) in [6.45, 7) is 10.2. The first-order chi connectivity index (χ1) is 7.75. The molecule has 1 atom stereocenters. The van der Waals surface area contributed by atoms with Crippen molar-refractivity contribution < 1.29 is 4.74 Å². The molecule has 1 fully saturated rings. The predicted octanol–water partition coefficient (Wildman–Crippen LogP) is 1.73. The standard InChI is InChI=1S/C13H28N2O/c1-12(2)13-6-4-9-15(13)10-5-7-14-8-11-16-3/h12-14H,4-11H2,1-3H3. The van der Waals surface area contributed by atoms with Crippen LogP contribution in [0.2, 0.25) is 0 Å². The first kappa shape index (κ1) is 13.9. The van der Waals surface area contributed by atoms with Gasteiger partial charge in [0, 0.05) is 19.7 Å². The zero-order chi connectivity index (χ0) is 11.8. The third-order valence-corrected chi connectivity index (χ3v) is 3.47. The van der Waals surface area contributed by atoms with E-state index in [-0.39, 0.29) is 0 Å². The molecule has 16 heavy (non-hydrogen) atoms. The van der Waals surface area contributed by atoms with Crippen molar-refractivity contribution in [1.82, 2.24) is 10.2 Å². The summed E-state index contributed by atoms with van der Waals surface area (Å²) in [5.41, 5.74) is 0. The van der Waals surface area contributed by atoms with Crippen LogP contribution in [0.1, 0.15) is 33.1 Å². The van der Waals surface area contributed by atoms with Crippen molar-refractivity contribution in [3.8, 4) is 0 Å². The minimum Gasteiger partial charge on any atom is -0.383 e. The van der Waals surface area contributed by atoms with Crippen molar-refractivity contribution in [3.63, 3.8) is 0 Å². The van der Waals surface area contributed by atoms with Crippen LogP contribution < -0.4 is 5.32 Å². The summed E-state index contributed by atoms with van der Waals surface area (Å²) in [7, 11) is 1.75. The summed E-state index contributed by atoms with van der Waals surface area (Å²) in [4.78, 5) is 2.67. The molecule has 96 valence electrons. The van der Waals surface area contributed by atoms with E-state index in [1.54, 1.807) is 7.11 Å². The third kappa shape index (κ3) is 4.81. The molecule has 0 radical (unpaired) electrons. The highest BCUT2D eigenvalue weighted by molar-refractivity contribution is 4.81. The second-order valence-electron chi connectivity index (χ2n) is 5.09. The fourth-order valence-corrected chi connectivity index (χ4v) is 2.59. The SMILES string of the molecule is COCCNCCCN1CCCC1C(C)C. The summed E-state index contributed by atoms with van der Waals surface area (Å²) in [5, 5.41) is 3.40. The summed E-state index contributed by atoms with van der Waals surface area (Å²) in [6.07, 6.45) is 4.04. The number of likely N-dealkylation sites (tertiary alicyclic amines) is 1. The van der Waals surface area contributed by atoms with Crippen LogP contribution >= 0.6 is 0 Å². The molecule has 0 aliphatic carbocycles. The van der Waals surface area contributed by atoms with Crippen LogP contribution in [0.15, 0.2) is 0 Å². The Bertz CT molecular complexity index is 173. The van der Waals surface area contributed by atoms with Gasteiger partial charge < -0.3 is 15.0 Å². The van der Waals surface area contributed by atoms with E-state index in [1.165, 1.54) is 32.4 Å². The highest BCUT2D eigenvalue weighted by Crippen LogP contribution is 2.23. The van der Waals surface area contributed by atoms with Crippen LogP contribution in [0.5, 0.6) is 0 Å². The van der Waals surface area contributed by atoms with E-state index >= 15 is 0 Å². The van der Waals surface area contributed by atoms with Gasteiger partial charge in [-0.05, 0) is 44.8 Å². The van der Waals surface area contributed by atoms with E-state index in [9.17, 15) is 0 Å². The van der Waals surface area contributed by atoms with Crippen LogP contribution in [-0.2, 0) is 4.74 Å². The van der Waals surface area contributed by atoms with Crippen molar-refractivity contribution in [2.75, 3.05) is 39.9 Å². The Hall–Kier alpha value is -0.120. The van der Waals surface area contributed by atoms with Crippen molar-refractivity contribution >= 4 is 0 Å². The molecule has 1 N–H and O–H groups in total. The molecule has 0 bridgehead atoms. The van der Waals surface area contributed by atoms with Gasteiger partial charge in [0.25, 0.3) is 0 Å². The molecule has 3 nitrogen and oxygen atoms in total. The summed E-state index contributed by atoms with van der Waals surface area (Å²) in [6, 6.07) is 0.832. The quantitative estimate of drug-likeness (QED) is 0.640. The van der Waals surface area contributed by atoms with Gasteiger partial charge in [0.05, 0.1) is 6.61 Å². The minimum absolute atomic E-state index is 0.809. The monoisotopic (exact) mass is 228 g/mol. The van der Waals surface area contributed by atoms with Crippen molar-refractivity contribution in [3.05, 3.63) is 0 Å². The molecule has 3 heteroatoms. The maximum absolute atomic E-state index is 5.00. The third-order valence-electron chi connectivity index (χ3n) is 3.47. The molecule has 0 aromatic rings. The molecule has 0 saturated carbocycles. The van der Waals surface area contributed by atoms with E-state index in [4.69, 9.17) is 4.74 Å². The molecule has 1 rings (SSSR count). The average Bonchev–Trinajstić information content (AvgIpc) is 2.71. The van der Waals surface area contributed by atoms with Gasteiger partial charge in [0.2, 0.25) is 0 Å². The zero-order valence-electron chi connectivity index (χ0n) is 11.2. The maximum Gasteiger partial charge on any atom is 0.0587 e. The normalized spacial score (nSPS) is 22.1. The molecule has 0 amide bonds. The molecular weight excluding hydrogens is 200 g/mol. The van der Waals surface area contributed by atoms with Crippen LogP contribution in [0.4, 0.5) is 0 Å². The first-order valence-corrected chi connectivity index (χ1v) is 6.69.